The first-order valence-electron chi connectivity index (χ1n) is 8.00. The molecule has 2 heterocycles. The molecule has 1 aromatic rings. The summed E-state index contributed by atoms with van der Waals surface area (Å²) in [7, 11) is 0. The summed E-state index contributed by atoms with van der Waals surface area (Å²) in [5, 5.41) is 2.93. The molecule has 1 aromatic heterocycles. The highest BCUT2D eigenvalue weighted by Gasteiger charge is 2.17. The Balaban J connectivity index is 1.60. The van der Waals surface area contributed by atoms with Gasteiger partial charge in [0.2, 0.25) is 0 Å². The second kappa shape index (κ2) is 8.20. The lowest BCUT2D eigenvalue weighted by Crippen LogP contribution is -2.38. The Morgan fingerprint density at radius 3 is 3.05 bits per heavy atom. The summed E-state index contributed by atoms with van der Waals surface area (Å²) in [5.74, 6) is 0.559. The molecule has 1 aliphatic rings. The Morgan fingerprint density at radius 1 is 1.48 bits per heavy atom. The predicted molar refractivity (Wildman–Crippen MR) is 83.1 cm³/mol. The molecule has 1 fully saturated rings. The number of likely N-dealkylation sites (tertiary alicyclic amines) is 1. The highest BCUT2D eigenvalue weighted by atomic mass is 16.3. The van der Waals surface area contributed by atoms with Gasteiger partial charge in [0.25, 0.3) is 5.91 Å². The third-order valence-corrected chi connectivity index (χ3v) is 4.22. The van der Waals surface area contributed by atoms with Crippen LogP contribution < -0.4 is 11.1 Å². The van der Waals surface area contributed by atoms with Gasteiger partial charge >= 0.3 is 0 Å². The van der Waals surface area contributed by atoms with Crippen LogP contribution >= 0.6 is 0 Å². The maximum Gasteiger partial charge on any atom is 0.254 e. The number of nitrogens with one attached hydrogen (secondary N) is 1. The van der Waals surface area contributed by atoms with E-state index in [1.165, 1.54) is 32.1 Å². The van der Waals surface area contributed by atoms with Crippen molar-refractivity contribution in [1.29, 1.82) is 0 Å². The topological polar surface area (TPSA) is 71.5 Å². The Morgan fingerprint density at radius 2 is 2.33 bits per heavy atom. The van der Waals surface area contributed by atoms with Crippen molar-refractivity contribution in [3.05, 3.63) is 23.7 Å². The molecule has 2 rings (SSSR count). The zero-order chi connectivity index (χ0) is 15.1. The van der Waals surface area contributed by atoms with E-state index >= 15 is 0 Å². The van der Waals surface area contributed by atoms with Crippen molar-refractivity contribution in [2.24, 2.45) is 5.73 Å². The summed E-state index contributed by atoms with van der Waals surface area (Å²) < 4.78 is 5.16. The van der Waals surface area contributed by atoms with Crippen LogP contribution in [-0.4, -0.2) is 36.5 Å². The summed E-state index contributed by atoms with van der Waals surface area (Å²) >= 11 is 0. The van der Waals surface area contributed by atoms with Crippen LogP contribution in [0.25, 0.3) is 0 Å². The number of carbonyl (C=O) groups is 1. The summed E-state index contributed by atoms with van der Waals surface area (Å²) in [6.45, 7) is 5.71. The quantitative estimate of drug-likeness (QED) is 0.755. The van der Waals surface area contributed by atoms with E-state index in [0.29, 0.717) is 30.5 Å². The normalized spacial score (nSPS) is 19.6. The molecule has 0 radical (unpaired) electrons. The van der Waals surface area contributed by atoms with E-state index in [1.807, 2.05) is 0 Å². The van der Waals surface area contributed by atoms with Crippen LogP contribution in [0.4, 0.5) is 0 Å². The first kappa shape index (κ1) is 16.0. The first-order valence-corrected chi connectivity index (χ1v) is 8.00. The fourth-order valence-electron chi connectivity index (χ4n) is 2.84. The minimum atomic E-state index is -0.0789. The molecule has 1 saturated heterocycles. The molecule has 1 atom stereocenters. The number of piperidine rings is 1. The van der Waals surface area contributed by atoms with Crippen molar-refractivity contribution in [1.82, 2.24) is 10.2 Å². The molecule has 1 aliphatic heterocycles. The molecule has 21 heavy (non-hydrogen) atoms. The minimum Gasteiger partial charge on any atom is -0.467 e. The molecule has 118 valence electrons. The second-order valence-corrected chi connectivity index (χ2v) is 5.85. The monoisotopic (exact) mass is 293 g/mol. The molecule has 0 bridgehead atoms. The molecule has 0 aromatic carbocycles. The molecule has 1 amide bonds. The number of furan rings is 1. The van der Waals surface area contributed by atoms with Crippen molar-refractivity contribution < 1.29 is 9.21 Å². The van der Waals surface area contributed by atoms with Crippen LogP contribution in [0.2, 0.25) is 0 Å². The van der Waals surface area contributed by atoms with E-state index in [1.54, 1.807) is 6.07 Å². The molecule has 1 unspecified atom stereocenters. The average Bonchev–Trinajstić information content (AvgIpc) is 2.97. The third kappa shape index (κ3) is 4.86. The van der Waals surface area contributed by atoms with Gasteiger partial charge in [-0.15, -0.1) is 0 Å². The van der Waals surface area contributed by atoms with Crippen LogP contribution in [0, 0.1) is 0 Å². The minimum absolute atomic E-state index is 0.0789. The summed E-state index contributed by atoms with van der Waals surface area (Å²) in [6, 6.07) is 2.42. The Labute approximate surface area is 126 Å². The Bertz CT molecular complexity index is 444. The van der Waals surface area contributed by atoms with E-state index in [0.717, 1.165) is 19.4 Å². The van der Waals surface area contributed by atoms with Crippen LogP contribution in [0.15, 0.2) is 16.7 Å². The third-order valence-electron chi connectivity index (χ3n) is 4.22. The maximum atomic E-state index is 11.9. The van der Waals surface area contributed by atoms with Gasteiger partial charge in [-0.1, -0.05) is 6.42 Å². The van der Waals surface area contributed by atoms with Crippen LogP contribution in [0.5, 0.6) is 0 Å². The summed E-state index contributed by atoms with van der Waals surface area (Å²) in [5.41, 5.74) is 6.01. The number of unbranched alkanes of at least 4 members (excludes halogenated alkanes) is 1. The van der Waals surface area contributed by atoms with Crippen molar-refractivity contribution in [3.63, 3.8) is 0 Å². The van der Waals surface area contributed by atoms with E-state index in [2.05, 4.69) is 17.1 Å². The Kier molecular flexibility index (Phi) is 6.26. The number of rotatable bonds is 7. The van der Waals surface area contributed by atoms with Gasteiger partial charge in [-0.3, -0.25) is 4.79 Å². The second-order valence-electron chi connectivity index (χ2n) is 5.85. The van der Waals surface area contributed by atoms with Gasteiger partial charge in [0, 0.05) is 12.6 Å². The van der Waals surface area contributed by atoms with Crippen LogP contribution in [-0.2, 0) is 6.54 Å². The standard InChI is InChI=1S/C16H27N3O2/c1-13-6-2-4-8-19(13)9-5-3-7-18-16(20)14-10-15(11-17)21-12-14/h10,12-13H,2-9,11,17H2,1H3,(H,18,20). The molecular formula is C16H27N3O2. The van der Waals surface area contributed by atoms with Gasteiger partial charge in [-0.05, 0) is 51.8 Å². The van der Waals surface area contributed by atoms with Crippen molar-refractivity contribution in [2.45, 2.75) is 51.6 Å². The molecule has 0 saturated carbocycles. The number of amides is 1. The smallest absolute Gasteiger partial charge is 0.254 e. The molecule has 0 spiro atoms. The van der Waals surface area contributed by atoms with Gasteiger partial charge in [0.1, 0.15) is 12.0 Å². The van der Waals surface area contributed by atoms with Crippen molar-refractivity contribution in [2.75, 3.05) is 19.6 Å². The highest BCUT2D eigenvalue weighted by Crippen LogP contribution is 2.16. The Hall–Kier alpha value is -1.33. The number of hydrogen-bond acceptors (Lipinski definition) is 4. The fourth-order valence-corrected chi connectivity index (χ4v) is 2.84. The number of hydrogen-bond donors (Lipinski definition) is 2. The zero-order valence-electron chi connectivity index (χ0n) is 12.9. The van der Waals surface area contributed by atoms with Gasteiger partial charge < -0.3 is 20.4 Å². The molecule has 5 heteroatoms. The van der Waals surface area contributed by atoms with Gasteiger partial charge in [-0.2, -0.15) is 0 Å². The largest absolute Gasteiger partial charge is 0.467 e. The van der Waals surface area contributed by atoms with Gasteiger partial charge in [0.15, 0.2) is 0 Å². The zero-order valence-corrected chi connectivity index (χ0v) is 12.9. The van der Waals surface area contributed by atoms with Gasteiger partial charge in [0.05, 0.1) is 12.1 Å². The number of nitrogens with zero attached hydrogens (tertiary/aromatic N) is 1. The van der Waals surface area contributed by atoms with Gasteiger partial charge in [-0.25, -0.2) is 0 Å². The number of carbonyl (C=O) groups excluding carboxylic acids is 1. The molecule has 3 N–H and O–H groups in total. The summed E-state index contributed by atoms with van der Waals surface area (Å²) in [4.78, 5) is 14.4. The fraction of sp³-hybridized carbons (Fsp3) is 0.688. The van der Waals surface area contributed by atoms with Crippen molar-refractivity contribution >= 4 is 5.91 Å². The SMILES string of the molecule is CC1CCCCN1CCCCNC(=O)c1coc(CN)c1. The number of nitrogens with two attached hydrogens (primary N) is 1. The van der Waals surface area contributed by atoms with Crippen LogP contribution in [0.1, 0.15) is 55.1 Å². The van der Waals surface area contributed by atoms with E-state index < -0.39 is 0 Å². The lowest BCUT2D eigenvalue weighted by molar-refractivity contribution is 0.0951. The van der Waals surface area contributed by atoms with E-state index in [9.17, 15) is 4.79 Å². The highest BCUT2D eigenvalue weighted by molar-refractivity contribution is 5.93. The molecular weight excluding hydrogens is 266 g/mol. The first-order chi connectivity index (χ1) is 10.2. The van der Waals surface area contributed by atoms with E-state index in [4.69, 9.17) is 10.2 Å². The lowest BCUT2D eigenvalue weighted by Gasteiger charge is -2.33. The lowest BCUT2D eigenvalue weighted by atomic mass is 10.0. The maximum absolute atomic E-state index is 11.9. The molecule has 5 nitrogen and oxygen atoms in total. The predicted octanol–water partition coefficient (Wildman–Crippen LogP) is 2.12. The average molecular weight is 293 g/mol. The molecule has 0 aliphatic carbocycles. The van der Waals surface area contributed by atoms with E-state index in [-0.39, 0.29) is 5.91 Å². The van der Waals surface area contributed by atoms with Crippen LogP contribution in [0.3, 0.4) is 0 Å². The van der Waals surface area contributed by atoms with Crippen molar-refractivity contribution in [3.8, 4) is 0 Å². The summed E-state index contributed by atoms with van der Waals surface area (Å²) in [6.07, 6.45) is 7.61.